The lowest BCUT2D eigenvalue weighted by atomic mass is 10.1. The number of nitrogens with one attached hydrogen (secondary N) is 1. The first-order chi connectivity index (χ1) is 14.0. The van der Waals surface area contributed by atoms with Crippen molar-refractivity contribution in [1.82, 2.24) is 19.8 Å². The molecule has 146 valence electrons. The average molecular weight is 410 g/mol. The highest BCUT2D eigenvalue weighted by molar-refractivity contribution is 7.19. The van der Waals surface area contributed by atoms with Gasteiger partial charge in [-0.15, -0.1) is 10.2 Å². The lowest BCUT2D eigenvalue weighted by molar-refractivity contribution is -0.385. The molecule has 0 saturated heterocycles. The van der Waals surface area contributed by atoms with E-state index in [0.717, 1.165) is 5.56 Å². The van der Waals surface area contributed by atoms with Crippen molar-refractivity contribution in [2.45, 2.75) is 6.92 Å². The Kier molecular flexibility index (Phi) is 4.64. The number of fused-ring (bicyclic) bond motifs is 1. The Labute approximate surface area is 167 Å². The summed E-state index contributed by atoms with van der Waals surface area (Å²) in [6.45, 7) is 1.54. The van der Waals surface area contributed by atoms with Gasteiger partial charge in [0.15, 0.2) is 0 Å². The fourth-order valence-corrected chi connectivity index (χ4v) is 3.69. The third kappa shape index (κ3) is 3.38. The summed E-state index contributed by atoms with van der Waals surface area (Å²) < 4.78 is 6.91. The van der Waals surface area contributed by atoms with Crippen LogP contribution in [0.2, 0.25) is 0 Å². The molecule has 29 heavy (non-hydrogen) atoms. The van der Waals surface area contributed by atoms with Gasteiger partial charge in [0, 0.05) is 22.8 Å². The van der Waals surface area contributed by atoms with E-state index in [9.17, 15) is 14.9 Å². The zero-order chi connectivity index (χ0) is 20.5. The van der Waals surface area contributed by atoms with Crippen LogP contribution in [0.3, 0.4) is 0 Å². The minimum atomic E-state index is -0.513. The first-order valence-corrected chi connectivity index (χ1v) is 9.20. The summed E-state index contributed by atoms with van der Waals surface area (Å²) >= 11 is 1.35. The molecule has 0 bridgehead atoms. The Hall–Kier alpha value is -3.86. The number of hydrogen-bond acceptors (Lipinski definition) is 8. The molecule has 0 unspecified atom stereocenters. The lowest BCUT2D eigenvalue weighted by Crippen LogP contribution is -2.14. The van der Waals surface area contributed by atoms with Crippen LogP contribution in [-0.2, 0) is 0 Å². The number of carbonyl (C=O) groups is 1. The Balaban J connectivity index is 1.69. The highest BCUT2D eigenvalue weighted by Crippen LogP contribution is 2.33. The van der Waals surface area contributed by atoms with E-state index in [1.807, 2.05) is 6.07 Å². The molecule has 0 aliphatic heterocycles. The van der Waals surface area contributed by atoms with Gasteiger partial charge in [0.2, 0.25) is 4.96 Å². The zero-order valence-electron chi connectivity index (χ0n) is 15.3. The smallest absolute Gasteiger partial charge is 0.273 e. The SMILES string of the molecule is COc1ccc(-c2nn3cnnc3s2)cc1NC(=O)c1cccc([N+](=O)[O-])c1C. The Morgan fingerprint density at radius 2 is 2.14 bits per heavy atom. The maximum Gasteiger partial charge on any atom is 0.273 e. The Morgan fingerprint density at radius 1 is 1.31 bits per heavy atom. The summed E-state index contributed by atoms with van der Waals surface area (Å²) in [4.78, 5) is 24.1. The number of hydrogen-bond donors (Lipinski definition) is 1. The van der Waals surface area contributed by atoms with Crippen molar-refractivity contribution in [3.8, 4) is 16.3 Å². The largest absolute Gasteiger partial charge is 0.495 e. The van der Waals surface area contributed by atoms with Crippen LogP contribution in [0, 0.1) is 17.0 Å². The molecule has 0 fully saturated rings. The summed E-state index contributed by atoms with van der Waals surface area (Å²) in [7, 11) is 1.49. The second kappa shape index (κ2) is 7.28. The fraction of sp³-hybridized carbons (Fsp3) is 0.111. The van der Waals surface area contributed by atoms with Crippen LogP contribution in [0.5, 0.6) is 5.75 Å². The minimum Gasteiger partial charge on any atom is -0.495 e. The van der Waals surface area contributed by atoms with E-state index in [4.69, 9.17) is 4.74 Å². The molecular weight excluding hydrogens is 396 g/mol. The maximum absolute atomic E-state index is 12.8. The normalized spacial score (nSPS) is 10.8. The number of amides is 1. The zero-order valence-corrected chi connectivity index (χ0v) is 16.1. The van der Waals surface area contributed by atoms with Gasteiger partial charge in [-0.3, -0.25) is 14.9 Å². The molecule has 2 aromatic heterocycles. The van der Waals surface area contributed by atoms with Gasteiger partial charge in [-0.1, -0.05) is 17.4 Å². The van der Waals surface area contributed by atoms with Gasteiger partial charge in [0.25, 0.3) is 11.6 Å². The number of anilines is 1. The summed E-state index contributed by atoms with van der Waals surface area (Å²) in [5, 5.41) is 26.8. The van der Waals surface area contributed by atoms with Crippen molar-refractivity contribution in [3.63, 3.8) is 0 Å². The van der Waals surface area contributed by atoms with Crippen LogP contribution in [0.15, 0.2) is 42.7 Å². The molecular formula is C18H14N6O4S. The van der Waals surface area contributed by atoms with Gasteiger partial charge in [-0.05, 0) is 31.2 Å². The molecule has 1 N–H and O–H groups in total. The monoisotopic (exact) mass is 410 g/mol. The van der Waals surface area contributed by atoms with Crippen LogP contribution >= 0.6 is 11.3 Å². The summed E-state index contributed by atoms with van der Waals surface area (Å²) in [6.07, 6.45) is 1.51. The molecule has 0 spiro atoms. The third-order valence-corrected chi connectivity index (χ3v) is 5.29. The first-order valence-electron chi connectivity index (χ1n) is 8.38. The maximum atomic E-state index is 12.8. The second-order valence-corrected chi connectivity index (χ2v) is 7.00. The highest BCUT2D eigenvalue weighted by Gasteiger charge is 2.19. The topological polar surface area (TPSA) is 125 Å². The number of benzene rings is 2. The lowest BCUT2D eigenvalue weighted by Gasteiger charge is -2.12. The van der Waals surface area contributed by atoms with Crippen molar-refractivity contribution in [3.05, 3.63) is 64.0 Å². The molecule has 1 amide bonds. The average Bonchev–Trinajstić information content (AvgIpc) is 3.30. The van der Waals surface area contributed by atoms with E-state index in [2.05, 4.69) is 20.6 Å². The molecule has 2 heterocycles. The van der Waals surface area contributed by atoms with E-state index >= 15 is 0 Å². The number of ether oxygens (including phenoxy) is 1. The Morgan fingerprint density at radius 3 is 2.86 bits per heavy atom. The molecule has 4 rings (SSSR count). The number of carbonyl (C=O) groups excluding carboxylic acids is 1. The molecule has 0 saturated carbocycles. The number of aromatic nitrogens is 4. The third-order valence-electron chi connectivity index (χ3n) is 4.33. The molecule has 0 aliphatic carbocycles. The fourth-order valence-electron chi connectivity index (χ4n) is 2.87. The predicted octanol–water partition coefficient (Wildman–Crippen LogP) is 3.33. The van der Waals surface area contributed by atoms with Crippen LogP contribution in [0.25, 0.3) is 15.5 Å². The quantitative estimate of drug-likeness (QED) is 0.395. The summed E-state index contributed by atoms with van der Waals surface area (Å²) in [5.74, 6) is -0.0204. The number of methoxy groups -OCH3 is 1. The van der Waals surface area contributed by atoms with E-state index in [-0.39, 0.29) is 11.3 Å². The van der Waals surface area contributed by atoms with E-state index in [1.54, 1.807) is 23.6 Å². The van der Waals surface area contributed by atoms with Crippen LogP contribution in [0.4, 0.5) is 11.4 Å². The molecule has 0 aliphatic rings. The Bertz CT molecular complexity index is 1220. The second-order valence-electron chi connectivity index (χ2n) is 6.04. The number of rotatable bonds is 5. The van der Waals surface area contributed by atoms with Gasteiger partial charge in [-0.2, -0.15) is 9.61 Å². The van der Waals surface area contributed by atoms with Crippen LogP contribution in [0.1, 0.15) is 15.9 Å². The summed E-state index contributed by atoms with van der Waals surface area (Å²) in [6, 6.07) is 9.65. The van der Waals surface area contributed by atoms with Crippen LogP contribution < -0.4 is 10.1 Å². The minimum absolute atomic E-state index is 0.113. The standard InChI is InChI=1S/C18H14N6O4S/c1-10-12(4-3-5-14(10)24(26)27)16(25)20-13-8-11(6-7-15(13)28-2)17-22-23-9-19-21-18(23)29-17/h3-9H,1-2H3,(H,20,25). The van der Waals surface area contributed by atoms with Gasteiger partial charge in [0.05, 0.1) is 17.7 Å². The van der Waals surface area contributed by atoms with Gasteiger partial charge < -0.3 is 10.1 Å². The van der Waals surface area contributed by atoms with Crippen molar-refractivity contribution in [2.24, 2.45) is 0 Å². The highest BCUT2D eigenvalue weighted by atomic mass is 32.1. The van der Waals surface area contributed by atoms with Gasteiger partial charge in [0.1, 0.15) is 17.1 Å². The molecule has 4 aromatic rings. The van der Waals surface area contributed by atoms with Crippen molar-refractivity contribution in [1.29, 1.82) is 0 Å². The molecule has 11 heteroatoms. The number of nitrogens with zero attached hydrogens (tertiary/aromatic N) is 5. The van der Waals surface area contributed by atoms with Crippen molar-refractivity contribution >= 4 is 33.6 Å². The van der Waals surface area contributed by atoms with Gasteiger partial charge in [-0.25, -0.2) is 0 Å². The van der Waals surface area contributed by atoms with Gasteiger partial charge >= 0.3 is 0 Å². The number of nitro groups is 1. The van der Waals surface area contributed by atoms with Crippen molar-refractivity contribution < 1.29 is 14.5 Å². The molecule has 0 radical (unpaired) electrons. The van der Waals surface area contributed by atoms with Crippen molar-refractivity contribution in [2.75, 3.05) is 12.4 Å². The predicted molar refractivity (Wildman–Crippen MR) is 106 cm³/mol. The first kappa shape index (κ1) is 18.5. The molecule has 2 aromatic carbocycles. The van der Waals surface area contributed by atoms with Crippen LogP contribution in [-0.4, -0.2) is 37.8 Å². The number of nitro benzene ring substituents is 1. The molecule has 0 atom stereocenters. The van der Waals surface area contributed by atoms with E-state index in [1.165, 1.54) is 43.0 Å². The van der Waals surface area contributed by atoms with E-state index in [0.29, 0.717) is 27.0 Å². The molecule has 10 nitrogen and oxygen atoms in total. The summed E-state index contributed by atoms with van der Waals surface area (Å²) in [5.41, 5.74) is 1.57. The van der Waals surface area contributed by atoms with E-state index < -0.39 is 10.8 Å².